The fourth-order valence-electron chi connectivity index (χ4n) is 2.43. The number of ether oxygens (including phenoxy) is 2. The van der Waals surface area contributed by atoms with E-state index in [1.54, 1.807) is 20.8 Å². The summed E-state index contributed by atoms with van der Waals surface area (Å²) in [6, 6.07) is 4.74. The molecule has 0 radical (unpaired) electrons. The number of benzene rings is 1. The van der Waals surface area contributed by atoms with Gasteiger partial charge in [0, 0.05) is 11.4 Å². The maximum absolute atomic E-state index is 12.5. The third kappa shape index (κ3) is 4.56. The van der Waals surface area contributed by atoms with E-state index in [-0.39, 0.29) is 23.6 Å². The average Bonchev–Trinajstić information content (AvgIpc) is 2.83. The van der Waals surface area contributed by atoms with Crippen molar-refractivity contribution in [2.45, 2.75) is 27.1 Å². The largest absolute Gasteiger partial charge is 0.573 e. The number of carbonyl (C=O) groups is 2. The van der Waals surface area contributed by atoms with Crippen LogP contribution in [0.2, 0.25) is 0 Å². The summed E-state index contributed by atoms with van der Waals surface area (Å²) in [5.74, 6) is -1.47. The molecule has 1 aromatic carbocycles. The molecule has 0 fully saturated rings. The number of hydrogen-bond acceptors (Lipinski definition) is 4. The Morgan fingerprint density at radius 2 is 1.77 bits per heavy atom. The van der Waals surface area contributed by atoms with Gasteiger partial charge in [0.15, 0.2) is 0 Å². The summed E-state index contributed by atoms with van der Waals surface area (Å²) in [6.45, 7) is 5.10. The molecule has 1 aromatic heterocycles. The number of aryl methyl sites for hydroxylation is 1. The highest BCUT2D eigenvalue weighted by Crippen LogP contribution is 2.25. The van der Waals surface area contributed by atoms with Gasteiger partial charge in [0.05, 0.1) is 12.2 Å². The van der Waals surface area contributed by atoms with E-state index in [4.69, 9.17) is 4.74 Å². The van der Waals surface area contributed by atoms with Crippen LogP contribution in [0.25, 0.3) is 0 Å². The lowest BCUT2D eigenvalue weighted by atomic mass is 10.1. The molecule has 2 rings (SSSR count). The van der Waals surface area contributed by atoms with Crippen molar-refractivity contribution in [3.05, 3.63) is 46.8 Å². The van der Waals surface area contributed by atoms with Crippen molar-refractivity contribution in [2.75, 3.05) is 11.9 Å². The zero-order chi connectivity index (χ0) is 19.5. The van der Waals surface area contributed by atoms with Gasteiger partial charge in [-0.25, -0.2) is 4.79 Å². The second-order valence-electron chi connectivity index (χ2n) is 5.37. The Balaban J connectivity index is 2.16. The number of rotatable bonds is 5. The van der Waals surface area contributed by atoms with Gasteiger partial charge < -0.3 is 19.8 Å². The topological polar surface area (TPSA) is 80.4 Å². The minimum atomic E-state index is -4.78. The van der Waals surface area contributed by atoms with Gasteiger partial charge in [-0.3, -0.25) is 4.79 Å². The molecule has 0 spiro atoms. The zero-order valence-electron chi connectivity index (χ0n) is 14.3. The summed E-state index contributed by atoms with van der Waals surface area (Å²) >= 11 is 0. The summed E-state index contributed by atoms with van der Waals surface area (Å²) in [5, 5.41) is 2.57. The van der Waals surface area contributed by atoms with Crippen LogP contribution in [0.1, 0.15) is 39.0 Å². The number of aromatic amines is 1. The minimum Gasteiger partial charge on any atom is -0.461 e. The molecule has 0 saturated carbocycles. The van der Waals surface area contributed by atoms with Crippen molar-refractivity contribution in [1.82, 2.24) is 4.98 Å². The number of amides is 1. The minimum absolute atomic E-state index is 0.184. The Morgan fingerprint density at radius 1 is 1.15 bits per heavy atom. The van der Waals surface area contributed by atoms with Gasteiger partial charge in [-0.1, -0.05) is 0 Å². The Labute approximate surface area is 147 Å². The highest BCUT2D eigenvalue weighted by atomic mass is 19.4. The monoisotopic (exact) mass is 370 g/mol. The quantitative estimate of drug-likeness (QED) is 0.781. The van der Waals surface area contributed by atoms with Crippen LogP contribution >= 0.6 is 0 Å². The summed E-state index contributed by atoms with van der Waals surface area (Å²) < 4.78 is 45.1. The first-order valence-electron chi connectivity index (χ1n) is 7.65. The number of alkyl halides is 3. The Bertz CT molecular complexity index is 811. The van der Waals surface area contributed by atoms with Crippen LogP contribution in [0.3, 0.4) is 0 Å². The number of carbonyl (C=O) groups excluding carboxylic acids is 2. The molecular formula is C17H17F3N2O4. The van der Waals surface area contributed by atoms with Crippen LogP contribution in [-0.4, -0.2) is 29.8 Å². The molecule has 6 nitrogen and oxygen atoms in total. The molecule has 1 heterocycles. The Morgan fingerprint density at radius 3 is 2.31 bits per heavy atom. The lowest BCUT2D eigenvalue weighted by Gasteiger charge is -2.10. The van der Waals surface area contributed by atoms with Crippen molar-refractivity contribution >= 4 is 17.6 Å². The predicted octanol–water partition coefficient (Wildman–Crippen LogP) is 3.96. The van der Waals surface area contributed by atoms with E-state index < -0.39 is 24.0 Å². The SMILES string of the molecule is CCOC(=O)c1[nH]c(C)c(C(=O)Nc2ccc(OC(F)(F)F)cc2)c1C. The van der Waals surface area contributed by atoms with Crippen LogP contribution in [0.5, 0.6) is 5.75 Å². The number of H-pyrrole nitrogens is 1. The highest BCUT2D eigenvalue weighted by Gasteiger charge is 2.31. The third-order valence-electron chi connectivity index (χ3n) is 3.49. The standard InChI is InChI=1S/C17H17F3N2O4/c1-4-25-16(24)14-9(2)13(10(3)21-14)15(23)22-11-5-7-12(8-6-11)26-17(18,19)20/h5-8,21H,4H2,1-3H3,(H,22,23). The maximum atomic E-state index is 12.5. The smallest absolute Gasteiger partial charge is 0.461 e. The molecule has 0 bridgehead atoms. The Hall–Kier alpha value is -2.97. The first-order valence-corrected chi connectivity index (χ1v) is 7.65. The second kappa shape index (κ2) is 7.51. The molecule has 0 aliphatic carbocycles. The zero-order valence-corrected chi connectivity index (χ0v) is 14.3. The van der Waals surface area contributed by atoms with Gasteiger partial charge >= 0.3 is 12.3 Å². The number of halogens is 3. The van der Waals surface area contributed by atoms with Crippen LogP contribution < -0.4 is 10.1 Å². The van der Waals surface area contributed by atoms with E-state index in [1.807, 2.05) is 0 Å². The van der Waals surface area contributed by atoms with Crippen LogP contribution in [0.15, 0.2) is 24.3 Å². The van der Waals surface area contributed by atoms with E-state index in [1.165, 1.54) is 12.1 Å². The molecule has 1 amide bonds. The van der Waals surface area contributed by atoms with Crippen molar-refractivity contribution in [1.29, 1.82) is 0 Å². The van der Waals surface area contributed by atoms with Crippen LogP contribution in [0.4, 0.5) is 18.9 Å². The van der Waals surface area contributed by atoms with Gasteiger partial charge in [0.1, 0.15) is 11.4 Å². The van der Waals surface area contributed by atoms with E-state index >= 15 is 0 Å². The van der Waals surface area contributed by atoms with Crippen molar-refractivity contribution in [3.8, 4) is 5.75 Å². The number of aromatic nitrogens is 1. The van der Waals surface area contributed by atoms with E-state index in [0.717, 1.165) is 12.1 Å². The highest BCUT2D eigenvalue weighted by molar-refractivity contribution is 6.08. The average molecular weight is 370 g/mol. The molecule has 0 atom stereocenters. The molecule has 9 heteroatoms. The molecule has 2 aromatic rings. The van der Waals surface area contributed by atoms with Gasteiger partial charge in [0.2, 0.25) is 0 Å². The summed E-state index contributed by atoms with van der Waals surface area (Å²) in [6.07, 6.45) is -4.78. The van der Waals surface area contributed by atoms with E-state index in [0.29, 0.717) is 11.3 Å². The Kier molecular flexibility index (Phi) is 5.59. The van der Waals surface area contributed by atoms with Crippen LogP contribution in [-0.2, 0) is 4.74 Å². The molecule has 0 unspecified atom stereocenters. The number of anilines is 1. The summed E-state index contributed by atoms with van der Waals surface area (Å²) in [7, 11) is 0. The number of esters is 1. The third-order valence-corrected chi connectivity index (χ3v) is 3.49. The van der Waals surface area contributed by atoms with E-state index in [2.05, 4.69) is 15.0 Å². The molecule has 26 heavy (non-hydrogen) atoms. The normalized spacial score (nSPS) is 11.2. The maximum Gasteiger partial charge on any atom is 0.573 e. The molecule has 0 aliphatic rings. The van der Waals surface area contributed by atoms with Gasteiger partial charge in [-0.05, 0) is 50.6 Å². The molecule has 2 N–H and O–H groups in total. The fraction of sp³-hybridized carbons (Fsp3) is 0.294. The lowest BCUT2D eigenvalue weighted by molar-refractivity contribution is -0.274. The van der Waals surface area contributed by atoms with E-state index in [9.17, 15) is 22.8 Å². The van der Waals surface area contributed by atoms with Gasteiger partial charge in [-0.2, -0.15) is 0 Å². The molecular weight excluding hydrogens is 353 g/mol. The van der Waals surface area contributed by atoms with Crippen molar-refractivity contribution in [3.63, 3.8) is 0 Å². The summed E-state index contributed by atoms with van der Waals surface area (Å²) in [5.41, 5.74) is 1.63. The summed E-state index contributed by atoms with van der Waals surface area (Å²) in [4.78, 5) is 27.2. The van der Waals surface area contributed by atoms with Crippen LogP contribution in [0, 0.1) is 13.8 Å². The first kappa shape index (κ1) is 19.4. The fourth-order valence-corrected chi connectivity index (χ4v) is 2.43. The molecule has 0 saturated heterocycles. The lowest BCUT2D eigenvalue weighted by Crippen LogP contribution is -2.17. The second-order valence-corrected chi connectivity index (χ2v) is 5.37. The molecule has 0 aliphatic heterocycles. The molecule has 140 valence electrons. The predicted molar refractivity (Wildman–Crippen MR) is 87.3 cm³/mol. The van der Waals surface area contributed by atoms with Gasteiger partial charge in [0.25, 0.3) is 5.91 Å². The number of nitrogens with one attached hydrogen (secondary N) is 2. The van der Waals surface area contributed by atoms with Crippen molar-refractivity contribution < 1.29 is 32.2 Å². The first-order chi connectivity index (χ1) is 12.1. The number of hydrogen-bond donors (Lipinski definition) is 2. The van der Waals surface area contributed by atoms with Crippen molar-refractivity contribution in [2.24, 2.45) is 0 Å². The van der Waals surface area contributed by atoms with Gasteiger partial charge in [-0.15, -0.1) is 13.2 Å².